The quantitative estimate of drug-likeness (QED) is 0.670. The summed E-state index contributed by atoms with van der Waals surface area (Å²) in [5, 5.41) is 12.7. The van der Waals surface area contributed by atoms with Gasteiger partial charge in [0.15, 0.2) is 5.82 Å². The first kappa shape index (κ1) is 15.7. The summed E-state index contributed by atoms with van der Waals surface area (Å²) in [7, 11) is 0. The molecule has 2 amide bonds. The molecule has 3 rings (SSSR count). The minimum absolute atomic E-state index is 0.296. The van der Waals surface area contributed by atoms with Crippen molar-refractivity contribution in [1.29, 1.82) is 0 Å². The number of benzene rings is 1. The average Bonchev–Trinajstić information content (AvgIpc) is 3.05. The fourth-order valence-electron chi connectivity index (χ4n) is 2.30. The number of amides is 2. The van der Waals surface area contributed by atoms with E-state index in [2.05, 4.69) is 30.8 Å². The highest BCUT2D eigenvalue weighted by Crippen LogP contribution is 2.18. The molecule has 7 heteroatoms. The molecule has 0 saturated heterocycles. The zero-order chi connectivity index (χ0) is 16.8. The van der Waals surface area contributed by atoms with Crippen LogP contribution in [0.15, 0.2) is 54.9 Å². The van der Waals surface area contributed by atoms with E-state index in [1.165, 1.54) is 0 Å². The normalized spacial score (nSPS) is 11.7. The number of hydrogen-bond donors (Lipinski definition) is 3. The van der Waals surface area contributed by atoms with Gasteiger partial charge in [-0.25, -0.2) is 9.78 Å². The Morgan fingerprint density at radius 3 is 2.71 bits per heavy atom. The highest BCUT2D eigenvalue weighted by Gasteiger charge is 2.20. The van der Waals surface area contributed by atoms with Crippen LogP contribution >= 0.6 is 0 Å². The number of urea groups is 1. The lowest BCUT2D eigenvalue weighted by Crippen LogP contribution is -2.38. The number of rotatable bonds is 5. The van der Waals surface area contributed by atoms with Crippen LogP contribution in [0.1, 0.15) is 28.8 Å². The number of carbonyl (C=O) groups excluding carboxylic acids is 1. The topological polar surface area (TPSA) is 95.6 Å². The highest BCUT2D eigenvalue weighted by molar-refractivity contribution is 5.74. The van der Waals surface area contributed by atoms with Crippen molar-refractivity contribution in [3.8, 4) is 0 Å². The average molecular weight is 322 g/mol. The van der Waals surface area contributed by atoms with Crippen LogP contribution in [0.25, 0.3) is 0 Å². The van der Waals surface area contributed by atoms with Crippen LogP contribution in [0.3, 0.4) is 0 Å². The van der Waals surface area contributed by atoms with Crippen LogP contribution in [0, 0.1) is 6.92 Å². The molecule has 3 aromatic rings. The minimum Gasteiger partial charge on any atom is -0.334 e. The number of nitrogens with one attached hydrogen (secondary N) is 3. The first-order chi connectivity index (χ1) is 11.7. The molecule has 0 aliphatic heterocycles. The first-order valence-corrected chi connectivity index (χ1v) is 7.59. The summed E-state index contributed by atoms with van der Waals surface area (Å²) in [6.07, 6.45) is 3.41. The number of aromatic amines is 1. The molecule has 0 aliphatic carbocycles. The summed E-state index contributed by atoms with van der Waals surface area (Å²) in [4.78, 5) is 20.6. The van der Waals surface area contributed by atoms with Crippen molar-refractivity contribution in [3.63, 3.8) is 0 Å². The maximum Gasteiger partial charge on any atom is 0.315 e. The summed E-state index contributed by atoms with van der Waals surface area (Å²) < 4.78 is 0. The molecule has 1 atom stereocenters. The summed E-state index contributed by atoms with van der Waals surface area (Å²) in [6.45, 7) is 2.22. The molecule has 2 heterocycles. The van der Waals surface area contributed by atoms with Crippen LogP contribution < -0.4 is 10.6 Å². The number of nitrogens with zero attached hydrogens (tertiary/aromatic N) is 3. The third-order valence-electron chi connectivity index (χ3n) is 3.46. The van der Waals surface area contributed by atoms with Crippen LogP contribution in [-0.4, -0.2) is 26.2 Å². The molecule has 0 bridgehead atoms. The number of H-pyrrole nitrogens is 1. The minimum atomic E-state index is -0.426. The molecular formula is C17H18N6O. The summed E-state index contributed by atoms with van der Waals surface area (Å²) >= 11 is 0. The van der Waals surface area contributed by atoms with E-state index in [4.69, 9.17) is 0 Å². The van der Waals surface area contributed by atoms with Crippen LogP contribution in [0.2, 0.25) is 0 Å². The van der Waals surface area contributed by atoms with Crippen LogP contribution in [0.5, 0.6) is 0 Å². The molecule has 0 fully saturated rings. The molecule has 2 aromatic heterocycles. The molecule has 24 heavy (non-hydrogen) atoms. The zero-order valence-corrected chi connectivity index (χ0v) is 13.2. The van der Waals surface area contributed by atoms with Gasteiger partial charge in [-0.15, -0.1) is 0 Å². The van der Waals surface area contributed by atoms with Gasteiger partial charge in [0, 0.05) is 18.9 Å². The molecule has 0 radical (unpaired) electrons. The van der Waals surface area contributed by atoms with E-state index in [9.17, 15) is 4.79 Å². The Hall–Kier alpha value is -3.22. The lowest BCUT2D eigenvalue weighted by molar-refractivity contribution is 0.238. The number of pyridine rings is 1. The lowest BCUT2D eigenvalue weighted by atomic mass is 10.1. The number of carbonyl (C=O) groups is 1. The second-order valence-corrected chi connectivity index (χ2v) is 5.31. The Balaban J connectivity index is 1.71. The summed E-state index contributed by atoms with van der Waals surface area (Å²) in [6, 6.07) is 12.6. The van der Waals surface area contributed by atoms with E-state index in [-0.39, 0.29) is 6.03 Å². The molecule has 7 nitrogen and oxygen atoms in total. The van der Waals surface area contributed by atoms with E-state index in [0.29, 0.717) is 18.2 Å². The summed E-state index contributed by atoms with van der Waals surface area (Å²) in [5.41, 5.74) is 1.84. The molecule has 1 aromatic carbocycles. The molecule has 0 saturated carbocycles. The van der Waals surface area contributed by atoms with Gasteiger partial charge in [-0.3, -0.25) is 10.1 Å². The van der Waals surface area contributed by atoms with Crippen molar-refractivity contribution >= 4 is 6.03 Å². The Morgan fingerprint density at radius 2 is 2.04 bits per heavy atom. The third kappa shape index (κ3) is 3.95. The van der Waals surface area contributed by atoms with E-state index in [0.717, 1.165) is 11.1 Å². The number of aromatic nitrogens is 4. The Kier molecular flexibility index (Phi) is 4.81. The van der Waals surface area contributed by atoms with Crippen molar-refractivity contribution < 1.29 is 4.79 Å². The van der Waals surface area contributed by atoms with E-state index in [1.807, 2.05) is 49.4 Å². The smallest absolute Gasteiger partial charge is 0.315 e. The molecule has 0 unspecified atom stereocenters. The third-order valence-corrected chi connectivity index (χ3v) is 3.46. The van der Waals surface area contributed by atoms with E-state index >= 15 is 0 Å². The molecule has 0 spiro atoms. The van der Waals surface area contributed by atoms with Crippen LogP contribution in [-0.2, 0) is 6.54 Å². The van der Waals surface area contributed by atoms with Crippen LogP contribution in [0.4, 0.5) is 4.79 Å². The van der Waals surface area contributed by atoms with Gasteiger partial charge in [0.2, 0.25) is 0 Å². The molecular weight excluding hydrogens is 304 g/mol. The first-order valence-electron chi connectivity index (χ1n) is 7.59. The van der Waals surface area contributed by atoms with E-state index < -0.39 is 6.04 Å². The van der Waals surface area contributed by atoms with Crippen molar-refractivity contribution in [3.05, 3.63) is 77.6 Å². The van der Waals surface area contributed by atoms with E-state index in [1.54, 1.807) is 12.4 Å². The Labute approximate surface area is 139 Å². The summed E-state index contributed by atoms with van der Waals surface area (Å²) in [5.74, 6) is 1.22. The van der Waals surface area contributed by atoms with Gasteiger partial charge < -0.3 is 10.6 Å². The molecule has 0 aliphatic rings. The lowest BCUT2D eigenvalue weighted by Gasteiger charge is -2.17. The number of hydrogen-bond acceptors (Lipinski definition) is 4. The van der Waals surface area contributed by atoms with Crippen molar-refractivity contribution in [2.75, 3.05) is 0 Å². The largest absolute Gasteiger partial charge is 0.334 e. The second-order valence-electron chi connectivity index (χ2n) is 5.31. The Bertz CT molecular complexity index is 787. The van der Waals surface area contributed by atoms with Gasteiger partial charge in [-0.1, -0.05) is 36.4 Å². The standard InChI is InChI=1S/C17H18N6O/c1-12-20-16(23-22-12)15(14-7-3-2-4-8-14)21-17(24)19-11-13-6-5-9-18-10-13/h2-10,15H,11H2,1H3,(H2,19,21,24)(H,20,22,23)/t15-/m0/s1. The van der Waals surface area contributed by atoms with Crippen molar-refractivity contribution in [2.24, 2.45) is 0 Å². The monoisotopic (exact) mass is 322 g/mol. The van der Waals surface area contributed by atoms with Gasteiger partial charge in [-0.2, -0.15) is 5.10 Å². The van der Waals surface area contributed by atoms with Gasteiger partial charge >= 0.3 is 6.03 Å². The SMILES string of the molecule is Cc1nc([C@@H](NC(=O)NCc2cccnc2)c2ccccc2)n[nH]1. The molecule has 3 N–H and O–H groups in total. The maximum absolute atomic E-state index is 12.3. The number of aryl methyl sites for hydroxylation is 1. The van der Waals surface area contributed by atoms with Gasteiger partial charge in [0.05, 0.1) is 0 Å². The predicted octanol–water partition coefficient (Wildman–Crippen LogP) is 2.10. The van der Waals surface area contributed by atoms with Crippen molar-refractivity contribution in [2.45, 2.75) is 19.5 Å². The predicted molar refractivity (Wildman–Crippen MR) is 89.0 cm³/mol. The zero-order valence-electron chi connectivity index (χ0n) is 13.2. The van der Waals surface area contributed by atoms with Gasteiger partial charge in [0.25, 0.3) is 0 Å². The second kappa shape index (κ2) is 7.36. The van der Waals surface area contributed by atoms with Gasteiger partial charge in [0.1, 0.15) is 11.9 Å². The fraction of sp³-hybridized carbons (Fsp3) is 0.176. The highest BCUT2D eigenvalue weighted by atomic mass is 16.2. The van der Waals surface area contributed by atoms with Crippen molar-refractivity contribution in [1.82, 2.24) is 30.8 Å². The Morgan fingerprint density at radius 1 is 1.21 bits per heavy atom. The van der Waals surface area contributed by atoms with Gasteiger partial charge in [-0.05, 0) is 24.1 Å². The fourth-order valence-corrected chi connectivity index (χ4v) is 2.30. The maximum atomic E-state index is 12.3. The molecule has 122 valence electrons.